The average molecular weight is 227 g/mol. The monoisotopic (exact) mass is 227 g/mol. The van der Waals surface area contributed by atoms with E-state index in [4.69, 9.17) is 40.9 Å². The topological polar surface area (TPSA) is 205 Å². The van der Waals surface area contributed by atoms with Crippen molar-refractivity contribution in [2.45, 2.75) is 0 Å². The third kappa shape index (κ3) is 15200. The molecular weight excluding hydrogens is 217 g/mol. The van der Waals surface area contributed by atoms with Crippen molar-refractivity contribution >= 4 is 0 Å². The molecule has 0 saturated carbocycles. The maximum absolute atomic E-state index is 8.36. The Labute approximate surface area is 100 Å². The van der Waals surface area contributed by atoms with E-state index in [2.05, 4.69) is 0 Å². The summed E-state index contributed by atoms with van der Waals surface area (Å²) >= 11 is 0. The van der Waals surface area contributed by atoms with E-state index < -0.39 is 10.2 Å². The van der Waals surface area contributed by atoms with E-state index in [1.54, 1.807) is 0 Å². The summed E-state index contributed by atoms with van der Waals surface area (Å²) in [6, 6.07) is 0. The molecule has 0 aliphatic rings. The smallest absolute Gasteiger partial charge is 0.394 e. The minimum Gasteiger partial charge on any atom is -0.394 e. The van der Waals surface area contributed by atoms with Crippen LogP contribution >= 0.6 is 0 Å². The van der Waals surface area contributed by atoms with Crippen molar-refractivity contribution in [3.63, 3.8) is 0 Å². The van der Waals surface area contributed by atoms with Gasteiger partial charge in [-0.25, -0.2) is 0 Å². The molecule has 0 bridgehead atoms. The van der Waals surface area contributed by atoms with Gasteiger partial charge in [-0.2, -0.15) is 0 Å². The summed E-state index contributed by atoms with van der Waals surface area (Å²) in [5, 5.41) is 43.6. The van der Waals surface area contributed by atoms with Gasteiger partial charge >= 0.3 is 29.6 Å². The molecule has 0 radical (unpaired) electrons. The molecule has 0 saturated heterocycles. The molecule has 0 aliphatic heterocycles. The van der Waals surface area contributed by atoms with Gasteiger partial charge in [-0.3, -0.25) is 0 Å². The van der Waals surface area contributed by atoms with E-state index in [0.717, 1.165) is 0 Å². The molecule has 0 rings (SSSR count). The van der Waals surface area contributed by atoms with Crippen LogP contribution in [0.1, 0.15) is 0 Å². The fraction of sp³-hybridized carbons (Fsp3) is 1.00. The second-order valence-electron chi connectivity index (χ2n) is 0.909. The average Bonchev–Trinajstić information content (AvgIpc) is 1.85. The predicted molar refractivity (Wildman–Crippen MR) is 38.3 cm³/mol. The van der Waals surface area contributed by atoms with Crippen molar-refractivity contribution in [1.82, 2.24) is 6.15 Å². The Morgan fingerprint density at radius 3 is 1.07 bits per heavy atom. The van der Waals surface area contributed by atoms with Gasteiger partial charge in [0.15, 0.2) is 0 Å². The zero-order valence-electron chi connectivity index (χ0n) is 7.40. The molecule has 0 aliphatic carbocycles. The van der Waals surface area contributed by atoms with Crippen LogP contribution in [-0.2, 0) is 0 Å². The Kier molecular flexibility index (Phi) is 61.5. The van der Waals surface area contributed by atoms with E-state index in [1.165, 1.54) is 0 Å². The van der Waals surface area contributed by atoms with Gasteiger partial charge in [0.25, 0.3) is 5.09 Å². The molecule has 0 aromatic carbocycles. The molecule has 12 heteroatoms. The minimum atomic E-state index is -1.75. The molecule has 0 aromatic rings. The van der Waals surface area contributed by atoms with E-state index >= 15 is 0 Å². The number of aliphatic hydroxyl groups is 2. The van der Waals surface area contributed by atoms with Crippen LogP contribution in [0.15, 0.2) is 0 Å². The van der Waals surface area contributed by atoms with Crippen molar-refractivity contribution in [1.29, 1.82) is 0 Å². The Balaban J connectivity index is -0.0000000270. The first-order valence-electron chi connectivity index (χ1n) is 2.25. The van der Waals surface area contributed by atoms with Crippen LogP contribution in [-0.4, -0.2) is 38.8 Å². The summed E-state index contributed by atoms with van der Waals surface area (Å²) in [5.74, 6) is 0. The summed E-state index contributed by atoms with van der Waals surface area (Å²) in [5.41, 5.74) is 0. The van der Waals surface area contributed by atoms with Crippen LogP contribution in [0.5, 0.6) is 0 Å². The Bertz CT molecular complexity index is 99.2. The van der Waals surface area contributed by atoms with Gasteiger partial charge in [0, 0.05) is 0 Å². The van der Waals surface area contributed by atoms with E-state index in [9.17, 15) is 0 Å². The standard InChI is InChI=1S/C2H6O2.HNO3.NO3.H3N.Na/c3-1-2-4;2*2-1(3)4;;/h3-4H,1-2H2;(H,2,3,4);;1H3;/q;;-1;;+1. The van der Waals surface area contributed by atoms with Crippen molar-refractivity contribution in [3.05, 3.63) is 25.4 Å². The normalized spacial score (nSPS) is 5.57. The first kappa shape index (κ1) is 29.2. The predicted octanol–water partition coefficient (Wildman–Crippen LogP) is -4.45. The second kappa shape index (κ2) is 29.5. The van der Waals surface area contributed by atoms with Gasteiger partial charge in [-0.15, -0.1) is 10.1 Å². The molecule has 0 atom stereocenters. The molecule has 11 nitrogen and oxygen atoms in total. The number of hydrogen-bond acceptors (Lipinski definition) is 8. The quantitative estimate of drug-likeness (QED) is 0.193. The summed E-state index contributed by atoms with van der Waals surface area (Å²) in [6.07, 6.45) is 0. The van der Waals surface area contributed by atoms with Crippen LogP contribution < -0.4 is 35.7 Å². The van der Waals surface area contributed by atoms with Gasteiger partial charge in [-0.1, -0.05) is 0 Å². The molecule has 0 fully saturated rings. The number of rotatable bonds is 1. The minimum absolute atomic E-state index is 0. The van der Waals surface area contributed by atoms with Crippen molar-refractivity contribution < 1.29 is 55.2 Å². The van der Waals surface area contributed by atoms with Crippen molar-refractivity contribution in [3.8, 4) is 0 Å². The van der Waals surface area contributed by atoms with Crippen LogP contribution in [0, 0.1) is 25.4 Å². The summed E-state index contributed by atoms with van der Waals surface area (Å²) < 4.78 is 0. The molecule has 0 amide bonds. The molecule has 0 spiro atoms. The molecule has 6 N–H and O–H groups in total. The molecule has 0 unspecified atom stereocenters. The van der Waals surface area contributed by atoms with Gasteiger partial charge in [-0.05, 0) is 0 Å². The molecule has 82 valence electrons. The first-order chi connectivity index (χ1) is 5.38. The van der Waals surface area contributed by atoms with Crippen LogP contribution in [0.25, 0.3) is 0 Å². The van der Waals surface area contributed by atoms with Crippen LogP contribution in [0.2, 0.25) is 0 Å². The zero-order chi connectivity index (χ0) is 10.6. The van der Waals surface area contributed by atoms with E-state index in [0.29, 0.717) is 0 Å². The fourth-order valence-electron chi connectivity index (χ4n) is 0. The Hall–Kier alpha value is -0.720. The summed E-state index contributed by atoms with van der Waals surface area (Å²) in [4.78, 5) is 16.6. The number of nitrogens with zero attached hydrogens (tertiary/aromatic N) is 2. The van der Waals surface area contributed by atoms with Gasteiger partial charge < -0.3 is 36.9 Å². The second-order valence-corrected chi connectivity index (χ2v) is 0.909. The summed E-state index contributed by atoms with van der Waals surface area (Å²) in [6.45, 7) is -0.250. The number of hydrogen-bond donors (Lipinski definition) is 4. The fourth-order valence-corrected chi connectivity index (χ4v) is 0. The third-order valence-electron chi connectivity index (χ3n) is 0.1000. The van der Waals surface area contributed by atoms with Crippen molar-refractivity contribution in [2.24, 2.45) is 0 Å². The van der Waals surface area contributed by atoms with Crippen molar-refractivity contribution in [2.75, 3.05) is 13.2 Å². The van der Waals surface area contributed by atoms with Gasteiger partial charge in [0.2, 0.25) is 0 Å². The maximum atomic E-state index is 8.36. The third-order valence-corrected chi connectivity index (χ3v) is 0.1000. The molecule has 0 heterocycles. The van der Waals surface area contributed by atoms with Gasteiger partial charge in [0.05, 0.1) is 18.3 Å². The molecule has 14 heavy (non-hydrogen) atoms. The molecular formula is C2H10N3NaO8. The largest absolute Gasteiger partial charge is 1.00 e. The first-order valence-corrected chi connectivity index (χ1v) is 2.25. The van der Waals surface area contributed by atoms with E-state index in [1.807, 2.05) is 0 Å². The Morgan fingerprint density at radius 2 is 1.07 bits per heavy atom. The Morgan fingerprint density at radius 1 is 1.00 bits per heavy atom. The van der Waals surface area contributed by atoms with E-state index in [-0.39, 0.29) is 48.9 Å². The van der Waals surface area contributed by atoms with Gasteiger partial charge in [0.1, 0.15) is 0 Å². The van der Waals surface area contributed by atoms with Crippen LogP contribution in [0.3, 0.4) is 0 Å². The van der Waals surface area contributed by atoms with Crippen LogP contribution in [0.4, 0.5) is 0 Å². The maximum Gasteiger partial charge on any atom is 1.00 e. The zero-order valence-corrected chi connectivity index (χ0v) is 9.40. The SMILES string of the molecule is N.O=[N+]([O-])O.O=[N+]([O-])[O-].OCCO.[Na+]. The number of aliphatic hydroxyl groups excluding tert-OH is 2. The summed E-state index contributed by atoms with van der Waals surface area (Å²) in [7, 11) is 0. The molecule has 0 aromatic heterocycles.